The normalized spacial score (nSPS) is 10.0. The molecule has 0 bridgehead atoms. The zero-order valence-corrected chi connectivity index (χ0v) is 16.5. The van der Waals surface area contributed by atoms with Crippen LogP contribution in [0, 0.1) is 0 Å². The van der Waals surface area contributed by atoms with Crippen LogP contribution in [-0.4, -0.2) is 54.4 Å². The van der Waals surface area contributed by atoms with Crippen LogP contribution in [0.1, 0.15) is 24.2 Å². The molecular formula is C18H28ClN3O2S. The number of carbonyl (C=O) groups excluding carboxylic acids is 2. The number of nitrogens with zero attached hydrogens (tertiary/aromatic N) is 1. The van der Waals surface area contributed by atoms with E-state index in [4.69, 9.17) is 0 Å². The zero-order chi connectivity index (χ0) is 17.8. The van der Waals surface area contributed by atoms with Gasteiger partial charge >= 0.3 is 0 Å². The molecule has 0 unspecified atom stereocenters. The van der Waals surface area contributed by atoms with Gasteiger partial charge in [-0.1, -0.05) is 19.9 Å². The van der Waals surface area contributed by atoms with Crippen molar-refractivity contribution in [2.75, 3.05) is 43.0 Å². The first-order chi connectivity index (χ1) is 11.6. The second kappa shape index (κ2) is 13.8. The fraction of sp³-hybridized carbons (Fsp3) is 0.444. The lowest BCUT2D eigenvalue weighted by molar-refractivity contribution is -0.113. The van der Waals surface area contributed by atoms with E-state index in [0.717, 1.165) is 25.4 Å². The van der Waals surface area contributed by atoms with E-state index in [2.05, 4.69) is 36.0 Å². The number of hydrogen-bond acceptors (Lipinski definition) is 4. The summed E-state index contributed by atoms with van der Waals surface area (Å²) in [6.45, 7) is 11.2. The predicted molar refractivity (Wildman–Crippen MR) is 110 cm³/mol. The molecule has 0 spiro atoms. The summed E-state index contributed by atoms with van der Waals surface area (Å²) in [5.74, 6) is 0.986. The molecule has 1 aromatic rings. The Labute approximate surface area is 161 Å². The summed E-state index contributed by atoms with van der Waals surface area (Å²) in [5, 5.41) is 5.72. The van der Waals surface area contributed by atoms with Crippen LogP contribution < -0.4 is 10.6 Å². The van der Waals surface area contributed by atoms with Crippen molar-refractivity contribution in [2.45, 2.75) is 13.8 Å². The molecule has 0 saturated heterocycles. The summed E-state index contributed by atoms with van der Waals surface area (Å²) in [6, 6.07) is 6.93. The summed E-state index contributed by atoms with van der Waals surface area (Å²) < 4.78 is 0. The van der Waals surface area contributed by atoms with Gasteiger partial charge in [-0.05, 0) is 37.4 Å². The molecule has 7 heteroatoms. The SMILES string of the molecule is C=CCSCC(=O)Nc1ccc(C(=O)NCCN(CC)CC)cc1.Cl. The smallest absolute Gasteiger partial charge is 0.251 e. The number of amides is 2. The standard InChI is InChI=1S/C18H27N3O2S.ClH/c1-4-13-24-14-17(22)20-16-9-7-15(8-10-16)18(23)19-11-12-21(5-2)6-3;/h4,7-10H,1,5-6,11-14H2,2-3H3,(H,19,23)(H,20,22);1H. The van der Waals surface area contributed by atoms with Crippen molar-refractivity contribution in [2.24, 2.45) is 0 Å². The Kier molecular flexibility index (Phi) is 12.9. The summed E-state index contributed by atoms with van der Waals surface area (Å²) in [5.41, 5.74) is 1.28. The van der Waals surface area contributed by atoms with E-state index in [1.54, 1.807) is 30.3 Å². The second-order valence-electron chi connectivity index (χ2n) is 5.21. The first kappa shape index (κ1) is 23.5. The molecule has 0 radical (unpaired) electrons. The zero-order valence-electron chi connectivity index (χ0n) is 14.9. The molecule has 1 aromatic carbocycles. The third kappa shape index (κ3) is 9.53. The van der Waals surface area contributed by atoms with Gasteiger partial charge in [0.25, 0.3) is 5.91 Å². The molecule has 0 heterocycles. The van der Waals surface area contributed by atoms with Crippen LogP contribution in [-0.2, 0) is 4.79 Å². The quantitative estimate of drug-likeness (QED) is 0.454. The van der Waals surface area contributed by atoms with Crippen molar-refractivity contribution in [3.63, 3.8) is 0 Å². The summed E-state index contributed by atoms with van der Waals surface area (Å²) in [7, 11) is 0. The minimum absolute atomic E-state index is 0. The first-order valence-corrected chi connectivity index (χ1v) is 9.35. The molecule has 2 amide bonds. The van der Waals surface area contributed by atoms with Gasteiger partial charge < -0.3 is 15.5 Å². The molecule has 0 aliphatic heterocycles. The molecule has 0 aliphatic carbocycles. The minimum atomic E-state index is -0.0958. The third-order valence-electron chi connectivity index (χ3n) is 3.51. The number of carbonyl (C=O) groups is 2. The van der Waals surface area contributed by atoms with Gasteiger partial charge in [0, 0.05) is 30.1 Å². The van der Waals surface area contributed by atoms with Gasteiger partial charge in [0.2, 0.25) is 5.91 Å². The Bertz CT molecular complexity index is 534. The van der Waals surface area contributed by atoms with Crippen LogP contribution in [0.25, 0.3) is 0 Å². The molecule has 140 valence electrons. The number of anilines is 1. The molecule has 0 fully saturated rings. The Balaban J connectivity index is 0.00000576. The third-order valence-corrected chi connectivity index (χ3v) is 4.45. The minimum Gasteiger partial charge on any atom is -0.351 e. The highest BCUT2D eigenvalue weighted by Crippen LogP contribution is 2.10. The number of halogens is 1. The van der Waals surface area contributed by atoms with E-state index < -0.39 is 0 Å². The van der Waals surface area contributed by atoms with Gasteiger partial charge in [-0.3, -0.25) is 9.59 Å². The van der Waals surface area contributed by atoms with Crippen LogP contribution >= 0.6 is 24.2 Å². The van der Waals surface area contributed by atoms with Crippen LogP contribution in [0.2, 0.25) is 0 Å². The molecule has 2 N–H and O–H groups in total. The predicted octanol–water partition coefficient (Wildman–Crippen LogP) is 3.04. The van der Waals surface area contributed by atoms with Gasteiger partial charge in [-0.15, -0.1) is 30.7 Å². The van der Waals surface area contributed by atoms with E-state index in [1.165, 1.54) is 11.8 Å². The number of thioether (sulfide) groups is 1. The highest BCUT2D eigenvalue weighted by molar-refractivity contribution is 8.00. The molecule has 1 rings (SSSR count). The van der Waals surface area contributed by atoms with E-state index in [9.17, 15) is 9.59 Å². The number of hydrogen-bond donors (Lipinski definition) is 2. The molecule has 0 atom stereocenters. The Morgan fingerprint density at radius 3 is 2.40 bits per heavy atom. The molecule has 0 aliphatic rings. The van der Waals surface area contributed by atoms with Gasteiger partial charge in [0.05, 0.1) is 5.75 Å². The van der Waals surface area contributed by atoms with Crippen molar-refractivity contribution in [3.8, 4) is 0 Å². The van der Waals surface area contributed by atoms with Crippen molar-refractivity contribution >= 4 is 41.7 Å². The molecular weight excluding hydrogens is 358 g/mol. The van der Waals surface area contributed by atoms with Crippen molar-refractivity contribution in [1.82, 2.24) is 10.2 Å². The number of rotatable bonds is 11. The van der Waals surface area contributed by atoms with Gasteiger partial charge in [-0.2, -0.15) is 0 Å². The van der Waals surface area contributed by atoms with Crippen LogP contribution in [0.4, 0.5) is 5.69 Å². The van der Waals surface area contributed by atoms with Crippen molar-refractivity contribution < 1.29 is 9.59 Å². The van der Waals surface area contributed by atoms with E-state index in [-0.39, 0.29) is 24.2 Å². The molecule has 5 nitrogen and oxygen atoms in total. The lowest BCUT2D eigenvalue weighted by Gasteiger charge is -2.17. The van der Waals surface area contributed by atoms with Crippen molar-refractivity contribution in [1.29, 1.82) is 0 Å². The van der Waals surface area contributed by atoms with Gasteiger partial charge in [0.1, 0.15) is 0 Å². The Morgan fingerprint density at radius 2 is 1.84 bits per heavy atom. The molecule has 25 heavy (non-hydrogen) atoms. The second-order valence-corrected chi connectivity index (χ2v) is 6.24. The fourth-order valence-electron chi connectivity index (χ4n) is 2.11. The summed E-state index contributed by atoms with van der Waals surface area (Å²) >= 11 is 1.51. The summed E-state index contributed by atoms with van der Waals surface area (Å²) in [4.78, 5) is 26.1. The maximum Gasteiger partial charge on any atom is 0.251 e. The topological polar surface area (TPSA) is 61.4 Å². The van der Waals surface area contributed by atoms with E-state index >= 15 is 0 Å². The average molecular weight is 386 g/mol. The fourth-order valence-corrected chi connectivity index (χ4v) is 2.65. The average Bonchev–Trinajstić information content (AvgIpc) is 2.59. The van der Waals surface area contributed by atoms with Gasteiger partial charge in [-0.25, -0.2) is 0 Å². The summed E-state index contributed by atoms with van der Waals surface area (Å²) in [6.07, 6.45) is 1.77. The monoisotopic (exact) mass is 385 g/mol. The number of likely N-dealkylation sites (N-methyl/N-ethyl adjacent to an activating group) is 1. The molecule has 0 saturated carbocycles. The maximum atomic E-state index is 12.1. The number of benzene rings is 1. The van der Waals surface area contributed by atoms with Crippen molar-refractivity contribution in [3.05, 3.63) is 42.5 Å². The highest BCUT2D eigenvalue weighted by atomic mass is 35.5. The Hall–Kier alpha value is -1.50. The lowest BCUT2D eigenvalue weighted by atomic mass is 10.2. The van der Waals surface area contributed by atoms with E-state index in [0.29, 0.717) is 23.5 Å². The highest BCUT2D eigenvalue weighted by Gasteiger charge is 2.07. The maximum absolute atomic E-state index is 12.1. The van der Waals surface area contributed by atoms with Gasteiger partial charge in [0.15, 0.2) is 0 Å². The lowest BCUT2D eigenvalue weighted by Crippen LogP contribution is -2.34. The Morgan fingerprint density at radius 1 is 1.20 bits per heavy atom. The van der Waals surface area contributed by atoms with E-state index in [1.807, 2.05) is 0 Å². The van der Waals surface area contributed by atoms with Crippen LogP contribution in [0.15, 0.2) is 36.9 Å². The van der Waals surface area contributed by atoms with Crippen LogP contribution in [0.3, 0.4) is 0 Å². The first-order valence-electron chi connectivity index (χ1n) is 8.19. The number of nitrogens with one attached hydrogen (secondary N) is 2. The largest absolute Gasteiger partial charge is 0.351 e. The van der Waals surface area contributed by atoms with Crippen LogP contribution in [0.5, 0.6) is 0 Å². The molecule has 0 aromatic heterocycles.